The number of aliphatic hydroxyl groups excluding tert-OH is 2. The Bertz CT molecular complexity index is 163. The maximum atomic E-state index is 9.49. The smallest absolute Gasteiger partial charge is 0.0700 e. The summed E-state index contributed by atoms with van der Waals surface area (Å²) in [7, 11) is 0. The molecule has 4 unspecified atom stereocenters. The molecule has 17 heavy (non-hydrogen) atoms. The highest BCUT2D eigenvalue weighted by Crippen LogP contribution is 2.16. The molecule has 0 aliphatic carbocycles. The van der Waals surface area contributed by atoms with Crippen molar-refractivity contribution in [1.29, 1.82) is 0 Å². The minimum Gasteiger partial charge on any atom is -0.392 e. The standard InChI is InChI=1S/C12H24Cl2O3/c1-3-11(5-9(15)7-13)17-12(4-2)6-10(16)8-14/h9-12,15-16H,3-8H2,1-2H3. The van der Waals surface area contributed by atoms with Gasteiger partial charge in [0, 0.05) is 24.6 Å². The fraction of sp³-hybridized carbons (Fsp3) is 1.00. The number of alkyl halides is 2. The average molecular weight is 287 g/mol. The summed E-state index contributed by atoms with van der Waals surface area (Å²) in [6, 6.07) is 0. The summed E-state index contributed by atoms with van der Waals surface area (Å²) in [4.78, 5) is 0. The molecule has 4 atom stereocenters. The summed E-state index contributed by atoms with van der Waals surface area (Å²) >= 11 is 11.1. The average Bonchev–Trinajstić information content (AvgIpc) is 2.36. The summed E-state index contributed by atoms with van der Waals surface area (Å²) in [5, 5.41) is 19.0. The number of rotatable bonds is 10. The fourth-order valence-corrected chi connectivity index (χ4v) is 1.89. The van der Waals surface area contributed by atoms with E-state index in [0.29, 0.717) is 12.8 Å². The second-order valence-electron chi connectivity index (χ2n) is 4.28. The molecule has 5 heteroatoms. The van der Waals surface area contributed by atoms with Crippen LogP contribution in [0.3, 0.4) is 0 Å². The van der Waals surface area contributed by atoms with Gasteiger partial charge in [-0.05, 0) is 12.8 Å². The van der Waals surface area contributed by atoms with E-state index in [9.17, 15) is 10.2 Å². The van der Waals surface area contributed by atoms with Crippen molar-refractivity contribution in [2.24, 2.45) is 0 Å². The third kappa shape index (κ3) is 8.22. The normalized spacial score (nSPS) is 18.7. The Kier molecular flexibility index (Phi) is 10.7. The molecule has 0 fully saturated rings. The predicted octanol–water partition coefficient (Wildman–Crippen LogP) is 2.54. The molecule has 0 aromatic carbocycles. The molecular formula is C12H24Cl2O3. The third-order valence-electron chi connectivity index (χ3n) is 2.72. The fourth-order valence-electron chi connectivity index (χ4n) is 1.64. The van der Waals surface area contributed by atoms with Gasteiger partial charge in [-0.3, -0.25) is 0 Å². The topological polar surface area (TPSA) is 49.7 Å². The van der Waals surface area contributed by atoms with Gasteiger partial charge in [0.25, 0.3) is 0 Å². The number of ether oxygens (including phenoxy) is 1. The maximum Gasteiger partial charge on any atom is 0.0700 e. The summed E-state index contributed by atoms with van der Waals surface area (Å²) < 4.78 is 5.86. The van der Waals surface area contributed by atoms with Crippen LogP contribution in [-0.2, 0) is 4.74 Å². The van der Waals surface area contributed by atoms with Gasteiger partial charge in [0.05, 0.1) is 24.4 Å². The number of hydrogen-bond donors (Lipinski definition) is 2. The zero-order valence-electron chi connectivity index (χ0n) is 10.6. The van der Waals surface area contributed by atoms with Crippen molar-refractivity contribution >= 4 is 23.2 Å². The summed E-state index contributed by atoms with van der Waals surface area (Å²) in [6.07, 6.45) is 1.62. The van der Waals surface area contributed by atoms with E-state index in [1.54, 1.807) is 0 Å². The molecule has 0 rings (SSSR count). The Labute approximate surface area is 114 Å². The van der Waals surface area contributed by atoms with Crippen LogP contribution in [0.4, 0.5) is 0 Å². The molecule has 0 heterocycles. The van der Waals surface area contributed by atoms with Crippen LogP contribution in [0.15, 0.2) is 0 Å². The van der Waals surface area contributed by atoms with Crippen LogP contribution < -0.4 is 0 Å². The Hall–Kier alpha value is 0.460. The second kappa shape index (κ2) is 10.4. The van der Waals surface area contributed by atoms with Crippen molar-refractivity contribution in [3.05, 3.63) is 0 Å². The first-order chi connectivity index (χ1) is 8.07. The van der Waals surface area contributed by atoms with Gasteiger partial charge in [0.1, 0.15) is 0 Å². The van der Waals surface area contributed by atoms with E-state index in [2.05, 4.69) is 0 Å². The van der Waals surface area contributed by atoms with Crippen molar-refractivity contribution in [3.63, 3.8) is 0 Å². The minimum atomic E-state index is -0.530. The van der Waals surface area contributed by atoms with Crippen LogP contribution >= 0.6 is 23.2 Å². The van der Waals surface area contributed by atoms with Crippen molar-refractivity contribution in [1.82, 2.24) is 0 Å². The summed E-state index contributed by atoms with van der Waals surface area (Å²) in [6.45, 7) is 4.02. The highest BCUT2D eigenvalue weighted by molar-refractivity contribution is 6.18. The van der Waals surface area contributed by atoms with Crippen molar-refractivity contribution in [2.45, 2.75) is 63.9 Å². The second-order valence-corrected chi connectivity index (χ2v) is 4.90. The molecule has 104 valence electrons. The number of aliphatic hydroxyl groups is 2. The minimum absolute atomic E-state index is 0.0174. The summed E-state index contributed by atoms with van der Waals surface area (Å²) in [5.41, 5.74) is 0. The van der Waals surface area contributed by atoms with Crippen molar-refractivity contribution < 1.29 is 14.9 Å². The van der Waals surface area contributed by atoms with Gasteiger partial charge in [-0.15, -0.1) is 23.2 Å². The highest BCUT2D eigenvalue weighted by atomic mass is 35.5. The molecule has 0 aromatic heterocycles. The lowest BCUT2D eigenvalue weighted by molar-refractivity contribution is -0.0522. The molecule has 0 amide bonds. The van der Waals surface area contributed by atoms with E-state index in [1.807, 2.05) is 13.8 Å². The zero-order chi connectivity index (χ0) is 13.3. The first-order valence-corrected chi connectivity index (χ1v) is 7.27. The van der Waals surface area contributed by atoms with Gasteiger partial charge in [-0.1, -0.05) is 13.8 Å². The van der Waals surface area contributed by atoms with Crippen LogP contribution in [-0.4, -0.2) is 46.4 Å². The van der Waals surface area contributed by atoms with E-state index in [0.717, 1.165) is 12.8 Å². The Morgan fingerprint density at radius 2 is 1.24 bits per heavy atom. The Morgan fingerprint density at radius 3 is 1.47 bits per heavy atom. The highest BCUT2D eigenvalue weighted by Gasteiger charge is 2.19. The Balaban J connectivity index is 4.11. The van der Waals surface area contributed by atoms with Crippen LogP contribution in [0.1, 0.15) is 39.5 Å². The van der Waals surface area contributed by atoms with Gasteiger partial charge in [-0.25, -0.2) is 0 Å². The maximum absolute atomic E-state index is 9.49. The van der Waals surface area contributed by atoms with Gasteiger partial charge < -0.3 is 14.9 Å². The zero-order valence-corrected chi connectivity index (χ0v) is 12.1. The number of hydrogen-bond acceptors (Lipinski definition) is 3. The molecule has 0 aromatic rings. The van der Waals surface area contributed by atoms with Gasteiger partial charge in [0.15, 0.2) is 0 Å². The van der Waals surface area contributed by atoms with Crippen molar-refractivity contribution in [3.8, 4) is 0 Å². The van der Waals surface area contributed by atoms with E-state index in [1.165, 1.54) is 0 Å². The molecule has 0 bridgehead atoms. The molecule has 2 N–H and O–H groups in total. The van der Waals surface area contributed by atoms with Crippen LogP contribution in [0.5, 0.6) is 0 Å². The lowest BCUT2D eigenvalue weighted by Gasteiger charge is -2.25. The van der Waals surface area contributed by atoms with Crippen LogP contribution in [0.2, 0.25) is 0 Å². The summed E-state index contributed by atoms with van der Waals surface area (Å²) in [5.74, 6) is 0.446. The molecule has 0 aliphatic rings. The first-order valence-electron chi connectivity index (χ1n) is 6.20. The molecule has 0 spiro atoms. The van der Waals surface area contributed by atoms with Gasteiger partial charge in [0.2, 0.25) is 0 Å². The van der Waals surface area contributed by atoms with E-state index < -0.39 is 12.2 Å². The molecular weight excluding hydrogens is 263 g/mol. The molecule has 3 nitrogen and oxygen atoms in total. The van der Waals surface area contributed by atoms with Gasteiger partial charge in [-0.2, -0.15) is 0 Å². The first kappa shape index (κ1) is 17.5. The number of halogens is 2. The van der Waals surface area contributed by atoms with Gasteiger partial charge >= 0.3 is 0 Å². The SMILES string of the molecule is CCC(CC(O)CCl)OC(CC)CC(O)CCl. The molecule has 0 radical (unpaired) electrons. The molecule has 0 saturated heterocycles. The molecule has 0 aliphatic heterocycles. The predicted molar refractivity (Wildman–Crippen MR) is 71.9 cm³/mol. The van der Waals surface area contributed by atoms with E-state index in [4.69, 9.17) is 27.9 Å². The van der Waals surface area contributed by atoms with Crippen LogP contribution in [0, 0.1) is 0 Å². The third-order valence-corrected chi connectivity index (χ3v) is 3.43. The lowest BCUT2D eigenvalue weighted by Crippen LogP contribution is -2.29. The van der Waals surface area contributed by atoms with E-state index >= 15 is 0 Å². The Morgan fingerprint density at radius 1 is 0.882 bits per heavy atom. The largest absolute Gasteiger partial charge is 0.392 e. The molecule has 0 saturated carbocycles. The van der Waals surface area contributed by atoms with Crippen molar-refractivity contribution in [2.75, 3.05) is 11.8 Å². The van der Waals surface area contributed by atoms with Crippen LogP contribution in [0.25, 0.3) is 0 Å². The lowest BCUT2D eigenvalue weighted by atomic mass is 10.1. The van der Waals surface area contributed by atoms with E-state index in [-0.39, 0.29) is 24.0 Å². The monoisotopic (exact) mass is 286 g/mol. The quantitative estimate of drug-likeness (QED) is 0.607.